The third kappa shape index (κ3) is 8.73. The molecular weight excluding hydrogens is 605 g/mol. The van der Waals surface area contributed by atoms with Crippen molar-refractivity contribution in [2.75, 3.05) is 30.8 Å². The molecule has 0 unspecified atom stereocenters. The molecule has 2 aromatic rings. The zero-order chi connectivity index (χ0) is 31.7. The Labute approximate surface area is 262 Å². The smallest absolute Gasteiger partial charge is 0.326 e. The largest absolute Gasteiger partial charge is 0.480 e. The first-order chi connectivity index (χ1) is 21.0. The summed E-state index contributed by atoms with van der Waals surface area (Å²) < 4.78 is 27.1. The quantitative estimate of drug-likeness (QED) is 0.194. The molecule has 2 heterocycles. The van der Waals surface area contributed by atoms with Gasteiger partial charge in [0.05, 0.1) is 17.3 Å². The van der Waals surface area contributed by atoms with Gasteiger partial charge in [-0.15, -0.1) is 11.8 Å². The summed E-state index contributed by atoms with van der Waals surface area (Å²) in [4.78, 5) is 42.2. The Bertz CT molecular complexity index is 1450. The molecule has 0 spiro atoms. The van der Waals surface area contributed by atoms with Crippen LogP contribution in [-0.4, -0.2) is 83.9 Å². The molecule has 44 heavy (non-hydrogen) atoms. The van der Waals surface area contributed by atoms with Gasteiger partial charge < -0.3 is 26.4 Å². The second-order valence-corrected chi connectivity index (χ2v) is 14.7. The van der Waals surface area contributed by atoms with Crippen molar-refractivity contribution in [2.45, 2.75) is 67.7 Å². The second-order valence-electron chi connectivity index (χ2n) is 11.2. The number of guanidine groups is 1. The Morgan fingerprint density at radius 2 is 1.84 bits per heavy atom. The lowest BCUT2D eigenvalue weighted by molar-refractivity contribution is -0.142. The number of carboxylic acids is 1. The molecule has 2 aliphatic heterocycles. The third-order valence-corrected chi connectivity index (χ3v) is 10.8. The molecule has 2 aromatic carbocycles. The van der Waals surface area contributed by atoms with E-state index in [2.05, 4.69) is 26.3 Å². The predicted octanol–water partition coefficient (Wildman–Crippen LogP) is 2.39. The van der Waals surface area contributed by atoms with Gasteiger partial charge in [0.1, 0.15) is 12.1 Å². The van der Waals surface area contributed by atoms with E-state index in [0.717, 1.165) is 48.3 Å². The minimum atomic E-state index is -3.97. The lowest BCUT2D eigenvalue weighted by Gasteiger charge is -2.30. The molecule has 1 fully saturated rings. The Balaban J connectivity index is 1.28. The van der Waals surface area contributed by atoms with E-state index in [-0.39, 0.29) is 23.1 Å². The van der Waals surface area contributed by atoms with Gasteiger partial charge in [-0.2, -0.15) is 4.31 Å². The number of benzene rings is 2. The molecule has 0 bridgehead atoms. The first-order valence-electron chi connectivity index (χ1n) is 14.6. The Morgan fingerprint density at radius 1 is 1.11 bits per heavy atom. The number of carbonyl (C=O) groups excluding carboxylic acids is 2. The Hall–Kier alpha value is -3.62. The van der Waals surface area contributed by atoms with Gasteiger partial charge in [-0.3, -0.25) is 14.6 Å². The average molecular weight is 645 g/mol. The van der Waals surface area contributed by atoms with Gasteiger partial charge in [-0.05, 0) is 69.4 Å². The first kappa shape index (κ1) is 33.3. The SMILES string of the molecule is CC1(C)SCN(S(=O)(=O)c2ccccc2)[C@@H]1C(=O)N[C@@H](CCc1ccc(NC(=O)CCCCNC2=NCCN2)cc1)C(=O)O. The zero-order valence-electron chi connectivity index (χ0n) is 24.9. The summed E-state index contributed by atoms with van der Waals surface area (Å²) in [6, 6.07) is 12.7. The molecule has 2 atom stereocenters. The molecule has 12 nitrogen and oxygen atoms in total. The third-order valence-electron chi connectivity index (χ3n) is 7.48. The van der Waals surface area contributed by atoms with Crippen LogP contribution in [0.1, 0.15) is 45.1 Å². The van der Waals surface area contributed by atoms with Crippen LogP contribution in [0.15, 0.2) is 64.5 Å². The number of amides is 2. The van der Waals surface area contributed by atoms with E-state index < -0.39 is 38.7 Å². The van der Waals surface area contributed by atoms with Gasteiger partial charge in [-0.1, -0.05) is 30.3 Å². The summed E-state index contributed by atoms with van der Waals surface area (Å²) in [5.41, 5.74) is 1.48. The van der Waals surface area contributed by atoms with Gasteiger partial charge >= 0.3 is 5.97 Å². The van der Waals surface area contributed by atoms with Crippen molar-refractivity contribution >= 4 is 51.2 Å². The second kappa shape index (κ2) is 14.9. The number of anilines is 1. The molecular formula is C30H40N6O6S2. The van der Waals surface area contributed by atoms with Crippen molar-refractivity contribution in [3.05, 3.63) is 60.2 Å². The van der Waals surface area contributed by atoms with Gasteiger partial charge in [-0.25, -0.2) is 13.2 Å². The summed E-state index contributed by atoms with van der Waals surface area (Å²) in [6.45, 7) is 5.93. The fourth-order valence-electron chi connectivity index (χ4n) is 5.04. The van der Waals surface area contributed by atoms with Crippen LogP contribution in [0.2, 0.25) is 0 Å². The van der Waals surface area contributed by atoms with Crippen molar-refractivity contribution in [2.24, 2.45) is 4.99 Å². The van der Waals surface area contributed by atoms with Crippen molar-refractivity contribution in [1.29, 1.82) is 0 Å². The number of nitrogens with one attached hydrogen (secondary N) is 4. The van der Waals surface area contributed by atoms with Crippen molar-refractivity contribution in [1.82, 2.24) is 20.3 Å². The fourth-order valence-corrected chi connectivity index (χ4v) is 8.23. The van der Waals surface area contributed by atoms with E-state index in [1.807, 2.05) is 0 Å². The number of hydrogen-bond acceptors (Lipinski definition) is 9. The highest BCUT2D eigenvalue weighted by molar-refractivity contribution is 8.02. The molecule has 1 saturated heterocycles. The number of rotatable bonds is 14. The van der Waals surface area contributed by atoms with E-state index in [9.17, 15) is 27.9 Å². The maximum Gasteiger partial charge on any atom is 0.326 e. The lowest BCUT2D eigenvalue weighted by atomic mass is 10.0. The molecule has 0 radical (unpaired) electrons. The van der Waals surface area contributed by atoms with Gasteiger partial charge in [0.15, 0.2) is 5.96 Å². The number of aliphatic carboxylic acids is 1. The van der Waals surface area contributed by atoms with E-state index in [0.29, 0.717) is 18.5 Å². The average Bonchev–Trinajstić information content (AvgIpc) is 3.63. The highest BCUT2D eigenvalue weighted by Gasteiger charge is 2.51. The molecule has 0 aromatic heterocycles. The highest BCUT2D eigenvalue weighted by Crippen LogP contribution is 2.42. The molecule has 238 valence electrons. The number of hydrogen-bond donors (Lipinski definition) is 5. The maximum atomic E-state index is 13.4. The van der Waals surface area contributed by atoms with Crippen LogP contribution in [0.5, 0.6) is 0 Å². The number of aliphatic imine (C=N–C) groups is 1. The van der Waals surface area contributed by atoms with Gasteiger partial charge in [0.2, 0.25) is 21.8 Å². The number of thioether (sulfide) groups is 1. The van der Waals surface area contributed by atoms with Crippen molar-refractivity contribution < 1.29 is 27.9 Å². The van der Waals surface area contributed by atoms with Crippen LogP contribution in [0.3, 0.4) is 0 Å². The monoisotopic (exact) mass is 644 g/mol. The van der Waals surface area contributed by atoms with Crippen LogP contribution >= 0.6 is 11.8 Å². The molecule has 4 rings (SSSR count). The molecule has 5 N–H and O–H groups in total. The minimum Gasteiger partial charge on any atom is -0.480 e. The van der Waals surface area contributed by atoms with Crippen LogP contribution in [-0.2, 0) is 30.8 Å². The first-order valence-corrected chi connectivity index (χ1v) is 17.0. The summed E-state index contributed by atoms with van der Waals surface area (Å²) in [7, 11) is -3.97. The molecule has 0 saturated carbocycles. The van der Waals surface area contributed by atoms with Crippen molar-refractivity contribution in [3.63, 3.8) is 0 Å². The predicted molar refractivity (Wildman–Crippen MR) is 171 cm³/mol. The molecule has 2 aliphatic rings. The van der Waals surface area contributed by atoms with Crippen molar-refractivity contribution in [3.8, 4) is 0 Å². The minimum absolute atomic E-state index is 0.0750. The molecule has 0 aliphatic carbocycles. The summed E-state index contributed by atoms with van der Waals surface area (Å²) >= 11 is 1.33. The summed E-state index contributed by atoms with van der Waals surface area (Å²) in [6.07, 6.45) is 2.43. The normalized spacial score (nSPS) is 18.6. The number of carbonyl (C=O) groups is 3. The van der Waals surface area contributed by atoms with Crippen LogP contribution in [0, 0.1) is 0 Å². The number of carboxylic acid groups (broad SMARTS) is 1. The molecule has 2 amide bonds. The Kier molecular flexibility index (Phi) is 11.3. The number of aryl methyl sites for hydroxylation is 1. The summed E-state index contributed by atoms with van der Waals surface area (Å²) in [5.74, 6) is -1.05. The standard InChI is InChI=1S/C30H40N6O6S2/c1-30(2)26(36(20-43-30)44(41,42)23-8-4-3-5-9-23)27(38)35-24(28(39)40)16-13-21-11-14-22(15-12-21)34-25(37)10-6-7-17-31-29-32-18-19-33-29/h3-5,8-9,11-12,14-15,24,26H,6-7,10,13,16-20H2,1-2H3,(H,34,37)(H,35,38)(H,39,40)(H2,31,32,33)/t24-,26+/m0/s1. The summed E-state index contributed by atoms with van der Waals surface area (Å²) in [5, 5.41) is 21.7. The van der Waals surface area contributed by atoms with Gasteiger partial charge in [0, 0.05) is 29.9 Å². The van der Waals surface area contributed by atoms with Crippen LogP contribution in [0.25, 0.3) is 0 Å². The lowest BCUT2D eigenvalue weighted by Crippen LogP contribution is -2.56. The van der Waals surface area contributed by atoms with E-state index in [4.69, 9.17) is 0 Å². The topological polar surface area (TPSA) is 169 Å². The highest BCUT2D eigenvalue weighted by atomic mass is 32.2. The number of sulfonamides is 1. The maximum absolute atomic E-state index is 13.4. The fraction of sp³-hybridized carbons (Fsp3) is 0.467. The van der Waals surface area contributed by atoms with E-state index >= 15 is 0 Å². The van der Waals surface area contributed by atoms with Gasteiger partial charge in [0.25, 0.3) is 0 Å². The van der Waals surface area contributed by atoms with E-state index in [1.54, 1.807) is 56.3 Å². The van der Waals surface area contributed by atoms with E-state index in [1.165, 1.54) is 23.9 Å². The number of unbranched alkanes of at least 4 members (excludes halogenated alkanes) is 1. The zero-order valence-corrected chi connectivity index (χ0v) is 26.5. The van der Waals surface area contributed by atoms with Crippen LogP contribution < -0.4 is 21.3 Å². The Morgan fingerprint density at radius 3 is 2.50 bits per heavy atom. The molecule has 14 heteroatoms. The van der Waals surface area contributed by atoms with Crippen LogP contribution in [0.4, 0.5) is 5.69 Å². The number of nitrogens with zero attached hydrogens (tertiary/aromatic N) is 2.